The lowest BCUT2D eigenvalue weighted by atomic mass is 10.2. The third-order valence-electron chi connectivity index (χ3n) is 2.83. The first-order valence-corrected chi connectivity index (χ1v) is 5.74. The van der Waals surface area contributed by atoms with Crippen molar-refractivity contribution in [3.05, 3.63) is 48.2 Å². The lowest BCUT2D eigenvalue weighted by Gasteiger charge is -1.99. The molecule has 3 rings (SSSR count). The summed E-state index contributed by atoms with van der Waals surface area (Å²) in [7, 11) is 1.65. The average Bonchev–Trinajstić information content (AvgIpc) is 2.81. The Labute approximate surface area is 105 Å². The van der Waals surface area contributed by atoms with Crippen LogP contribution >= 0.6 is 0 Å². The molecule has 0 aliphatic carbocycles. The number of aromatic nitrogens is 3. The Bertz CT molecular complexity index is 686. The summed E-state index contributed by atoms with van der Waals surface area (Å²) in [6, 6.07) is 11.7. The van der Waals surface area contributed by atoms with Crippen molar-refractivity contribution < 1.29 is 4.74 Å². The van der Waals surface area contributed by atoms with E-state index in [0.717, 1.165) is 28.3 Å². The second-order valence-electron chi connectivity index (χ2n) is 4.17. The Morgan fingerprint density at radius 2 is 1.83 bits per heavy atom. The summed E-state index contributed by atoms with van der Waals surface area (Å²) in [5.41, 5.74) is 3.00. The molecule has 0 radical (unpaired) electrons. The van der Waals surface area contributed by atoms with Gasteiger partial charge in [-0.2, -0.15) is 0 Å². The van der Waals surface area contributed by atoms with Crippen molar-refractivity contribution in [1.29, 1.82) is 0 Å². The van der Waals surface area contributed by atoms with Gasteiger partial charge in [0, 0.05) is 11.8 Å². The lowest BCUT2D eigenvalue weighted by Crippen LogP contribution is -1.88. The van der Waals surface area contributed by atoms with E-state index < -0.39 is 0 Å². The van der Waals surface area contributed by atoms with Crippen LogP contribution in [0.25, 0.3) is 17.0 Å². The van der Waals surface area contributed by atoms with Gasteiger partial charge < -0.3 is 4.74 Å². The highest BCUT2D eigenvalue weighted by atomic mass is 16.5. The molecule has 1 aromatic carbocycles. The van der Waals surface area contributed by atoms with Crippen LogP contribution in [0.4, 0.5) is 0 Å². The molecule has 0 fully saturated rings. The van der Waals surface area contributed by atoms with Gasteiger partial charge in [-0.05, 0) is 42.8 Å². The van der Waals surface area contributed by atoms with E-state index in [2.05, 4.69) is 10.1 Å². The van der Waals surface area contributed by atoms with E-state index in [-0.39, 0.29) is 0 Å². The third kappa shape index (κ3) is 1.82. The van der Waals surface area contributed by atoms with Crippen molar-refractivity contribution in [2.24, 2.45) is 0 Å². The number of pyridine rings is 1. The second kappa shape index (κ2) is 4.14. The zero-order valence-corrected chi connectivity index (χ0v) is 10.3. The van der Waals surface area contributed by atoms with Gasteiger partial charge in [0.15, 0.2) is 11.5 Å². The SMILES string of the molecule is COc1ccc(-c2nc3ccc(C)cn3n2)cc1. The van der Waals surface area contributed by atoms with Crippen molar-refractivity contribution in [2.45, 2.75) is 6.92 Å². The van der Waals surface area contributed by atoms with Gasteiger partial charge in [0.25, 0.3) is 0 Å². The molecular weight excluding hydrogens is 226 g/mol. The summed E-state index contributed by atoms with van der Waals surface area (Å²) in [5, 5.41) is 4.46. The molecule has 0 aliphatic rings. The van der Waals surface area contributed by atoms with E-state index in [1.54, 1.807) is 11.6 Å². The number of hydrogen-bond donors (Lipinski definition) is 0. The monoisotopic (exact) mass is 239 g/mol. The highest BCUT2D eigenvalue weighted by Gasteiger charge is 2.06. The van der Waals surface area contributed by atoms with Crippen LogP contribution in [0.1, 0.15) is 5.56 Å². The normalized spacial score (nSPS) is 10.8. The molecule has 0 saturated heterocycles. The number of nitrogens with zero attached hydrogens (tertiary/aromatic N) is 3. The molecule has 0 amide bonds. The van der Waals surface area contributed by atoms with Crippen molar-refractivity contribution in [2.75, 3.05) is 7.11 Å². The zero-order valence-electron chi connectivity index (χ0n) is 10.3. The molecule has 4 nitrogen and oxygen atoms in total. The molecule has 0 unspecified atom stereocenters. The molecule has 0 aliphatic heterocycles. The van der Waals surface area contributed by atoms with Crippen LogP contribution < -0.4 is 4.74 Å². The van der Waals surface area contributed by atoms with E-state index in [4.69, 9.17) is 4.74 Å². The summed E-state index contributed by atoms with van der Waals surface area (Å²) in [6.45, 7) is 2.04. The van der Waals surface area contributed by atoms with Gasteiger partial charge in [-0.25, -0.2) is 9.50 Å². The Balaban J connectivity index is 2.07. The lowest BCUT2D eigenvalue weighted by molar-refractivity contribution is 0.415. The van der Waals surface area contributed by atoms with Crippen LogP contribution in [0.15, 0.2) is 42.6 Å². The first-order chi connectivity index (χ1) is 8.76. The van der Waals surface area contributed by atoms with Crippen LogP contribution in [-0.2, 0) is 0 Å². The van der Waals surface area contributed by atoms with Gasteiger partial charge in [-0.3, -0.25) is 0 Å². The molecule has 0 atom stereocenters. The van der Waals surface area contributed by atoms with Crippen molar-refractivity contribution in [1.82, 2.24) is 14.6 Å². The molecule has 0 saturated carbocycles. The number of aryl methyl sites for hydroxylation is 1. The largest absolute Gasteiger partial charge is 0.497 e. The van der Waals surface area contributed by atoms with E-state index in [1.165, 1.54) is 0 Å². The minimum atomic E-state index is 0.725. The molecule has 90 valence electrons. The third-order valence-corrected chi connectivity index (χ3v) is 2.83. The molecule has 0 N–H and O–H groups in total. The summed E-state index contributed by atoms with van der Waals surface area (Å²) < 4.78 is 6.93. The number of ether oxygens (including phenoxy) is 1. The predicted octanol–water partition coefficient (Wildman–Crippen LogP) is 2.71. The van der Waals surface area contributed by atoms with E-state index >= 15 is 0 Å². The Kier molecular flexibility index (Phi) is 2.48. The van der Waals surface area contributed by atoms with Crippen LogP contribution in [-0.4, -0.2) is 21.7 Å². The summed E-state index contributed by atoms with van der Waals surface area (Å²) in [4.78, 5) is 4.49. The van der Waals surface area contributed by atoms with E-state index in [0.29, 0.717) is 0 Å². The number of benzene rings is 1. The summed E-state index contributed by atoms with van der Waals surface area (Å²) >= 11 is 0. The van der Waals surface area contributed by atoms with Crippen molar-refractivity contribution >= 4 is 5.65 Å². The smallest absolute Gasteiger partial charge is 0.182 e. The van der Waals surface area contributed by atoms with Crippen LogP contribution in [0.3, 0.4) is 0 Å². The van der Waals surface area contributed by atoms with Crippen LogP contribution in [0, 0.1) is 6.92 Å². The fourth-order valence-electron chi connectivity index (χ4n) is 1.85. The molecule has 18 heavy (non-hydrogen) atoms. The van der Waals surface area contributed by atoms with Gasteiger partial charge in [-0.15, -0.1) is 5.10 Å². The van der Waals surface area contributed by atoms with Gasteiger partial charge in [0.2, 0.25) is 0 Å². The van der Waals surface area contributed by atoms with Gasteiger partial charge in [-0.1, -0.05) is 6.07 Å². The van der Waals surface area contributed by atoms with E-state index in [9.17, 15) is 0 Å². The molecule has 2 aromatic heterocycles. The maximum Gasteiger partial charge on any atom is 0.182 e. The molecular formula is C14H13N3O. The van der Waals surface area contributed by atoms with E-state index in [1.807, 2.05) is 49.5 Å². The Morgan fingerprint density at radius 1 is 1.06 bits per heavy atom. The Morgan fingerprint density at radius 3 is 2.56 bits per heavy atom. The number of methoxy groups -OCH3 is 1. The minimum Gasteiger partial charge on any atom is -0.497 e. The molecule has 2 heterocycles. The van der Waals surface area contributed by atoms with Gasteiger partial charge in [0.1, 0.15) is 5.75 Å². The molecule has 4 heteroatoms. The predicted molar refractivity (Wildman–Crippen MR) is 69.7 cm³/mol. The second-order valence-corrected chi connectivity index (χ2v) is 4.17. The summed E-state index contributed by atoms with van der Waals surface area (Å²) in [6.07, 6.45) is 1.97. The summed E-state index contributed by atoms with van der Waals surface area (Å²) in [5.74, 6) is 1.56. The van der Waals surface area contributed by atoms with Crippen LogP contribution in [0.2, 0.25) is 0 Å². The quantitative estimate of drug-likeness (QED) is 0.690. The highest BCUT2D eigenvalue weighted by Crippen LogP contribution is 2.20. The number of fused-ring (bicyclic) bond motifs is 1. The standard InChI is InChI=1S/C14H13N3O/c1-10-3-8-13-15-14(16-17(13)9-10)11-4-6-12(18-2)7-5-11/h3-9H,1-2H3. The maximum absolute atomic E-state index is 5.13. The first kappa shape index (κ1) is 10.8. The Hall–Kier alpha value is -2.36. The van der Waals surface area contributed by atoms with Crippen molar-refractivity contribution in [3.63, 3.8) is 0 Å². The molecule has 0 bridgehead atoms. The topological polar surface area (TPSA) is 39.4 Å². The zero-order chi connectivity index (χ0) is 12.5. The minimum absolute atomic E-state index is 0.725. The average molecular weight is 239 g/mol. The fraction of sp³-hybridized carbons (Fsp3) is 0.143. The first-order valence-electron chi connectivity index (χ1n) is 5.74. The fourth-order valence-corrected chi connectivity index (χ4v) is 1.85. The highest BCUT2D eigenvalue weighted by molar-refractivity contribution is 5.59. The maximum atomic E-state index is 5.13. The van der Waals surface area contributed by atoms with Crippen LogP contribution in [0.5, 0.6) is 5.75 Å². The van der Waals surface area contributed by atoms with Gasteiger partial charge in [0.05, 0.1) is 7.11 Å². The molecule has 0 spiro atoms. The number of hydrogen-bond acceptors (Lipinski definition) is 3. The molecule has 3 aromatic rings. The van der Waals surface area contributed by atoms with Crippen molar-refractivity contribution in [3.8, 4) is 17.1 Å². The van der Waals surface area contributed by atoms with Gasteiger partial charge >= 0.3 is 0 Å². The number of rotatable bonds is 2.